The Morgan fingerprint density at radius 3 is 2.96 bits per heavy atom. The molecule has 0 saturated carbocycles. The molecule has 1 aliphatic heterocycles. The van der Waals surface area contributed by atoms with Gasteiger partial charge in [-0.3, -0.25) is 9.98 Å². The van der Waals surface area contributed by atoms with Gasteiger partial charge in [0, 0.05) is 19.2 Å². The van der Waals surface area contributed by atoms with E-state index >= 15 is 0 Å². The predicted octanol–water partition coefficient (Wildman–Crippen LogP) is 3.21. The summed E-state index contributed by atoms with van der Waals surface area (Å²) in [5, 5.41) is 6.86. The van der Waals surface area contributed by atoms with Gasteiger partial charge in [-0.05, 0) is 30.8 Å². The first-order valence-corrected chi connectivity index (χ1v) is 8.58. The Morgan fingerprint density at radius 1 is 1.25 bits per heavy atom. The SMILES string of the molecule is CCCCCNC(=S)Nc1ccc2ncc(C3=NC=CC3)nc2n1. The summed E-state index contributed by atoms with van der Waals surface area (Å²) < 4.78 is 0. The molecule has 1 aliphatic rings. The van der Waals surface area contributed by atoms with Crippen LogP contribution in [-0.4, -0.2) is 32.3 Å². The molecule has 0 unspecified atom stereocenters. The van der Waals surface area contributed by atoms with Crippen molar-refractivity contribution in [2.45, 2.75) is 32.6 Å². The number of allylic oxidation sites excluding steroid dienone is 1. The average Bonchev–Trinajstić information content (AvgIpc) is 3.13. The van der Waals surface area contributed by atoms with Crippen LogP contribution in [0.4, 0.5) is 5.82 Å². The molecule has 0 aromatic carbocycles. The summed E-state index contributed by atoms with van der Waals surface area (Å²) in [7, 11) is 0. The molecule has 0 saturated heterocycles. The maximum absolute atomic E-state index is 5.30. The summed E-state index contributed by atoms with van der Waals surface area (Å²) in [5.74, 6) is 0.661. The van der Waals surface area contributed by atoms with Crippen LogP contribution in [0.25, 0.3) is 11.2 Å². The number of rotatable bonds is 6. The van der Waals surface area contributed by atoms with Gasteiger partial charge in [0.25, 0.3) is 0 Å². The fourth-order valence-corrected chi connectivity index (χ4v) is 2.58. The molecule has 6 nitrogen and oxygen atoms in total. The Kier molecular flexibility index (Phi) is 5.43. The smallest absolute Gasteiger partial charge is 0.180 e. The molecule has 7 heteroatoms. The van der Waals surface area contributed by atoms with E-state index in [1.165, 1.54) is 12.8 Å². The van der Waals surface area contributed by atoms with Gasteiger partial charge in [0.05, 0.1) is 11.9 Å². The van der Waals surface area contributed by atoms with E-state index in [1.807, 2.05) is 18.2 Å². The zero-order chi connectivity index (χ0) is 16.8. The van der Waals surface area contributed by atoms with Crippen molar-refractivity contribution in [1.29, 1.82) is 0 Å². The first-order valence-electron chi connectivity index (χ1n) is 8.17. The fourth-order valence-electron chi connectivity index (χ4n) is 2.37. The number of anilines is 1. The van der Waals surface area contributed by atoms with Crippen molar-refractivity contribution in [3.63, 3.8) is 0 Å². The summed E-state index contributed by atoms with van der Waals surface area (Å²) in [6.45, 7) is 3.04. The largest absolute Gasteiger partial charge is 0.362 e. The van der Waals surface area contributed by atoms with Gasteiger partial charge in [-0.2, -0.15) is 0 Å². The van der Waals surface area contributed by atoms with E-state index in [-0.39, 0.29) is 0 Å². The van der Waals surface area contributed by atoms with Gasteiger partial charge in [0.1, 0.15) is 17.0 Å². The van der Waals surface area contributed by atoms with E-state index in [0.29, 0.717) is 16.6 Å². The van der Waals surface area contributed by atoms with Gasteiger partial charge in [0.2, 0.25) is 0 Å². The average molecular weight is 340 g/mol. The highest BCUT2D eigenvalue weighted by atomic mass is 32.1. The van der Waals surface area contributed by atoms with Crippen LogP contribution < -0.4 is 10.6 Å². The van der Waals surface area contributed by atoms with Crippen LogP contribution in [0, 0.1) is 0 Å². The summed E-state index contributed by atoms with van der Waals surface area (Å²) in [6.07, 6.45) is 9.79. The molecule has 0 aliphatic carbocycles. The quantitative estimate of drug-likeness (QED) is 0.621. The topological polar surface area (TPSA) is 75.1 Å². The highest BCUT2D eigenvalue weighted by Gasteiger charge is 2.10. The van der Waals surface area contributed by atoms with Crippen LogP contribution in [0.15, 0.2) is 35.6 Å². The number of aromatic nitrogens is 3. The molecule has 0 amide bonds. The molecular formula is C17H20N6S. The molecule has 0 bridgehead atoms. The van der Waals surface area contributed by atoms with Crippen LogP contribution in [0.3, 0.4) is 0 Å². The molecule has 2 aromatic rings. The number of thiocarbonyl (C=S) groups is 1. The van der Waals surface area contributed by atoms with Crippen molar-refractivity contribution in [3.8, 4) is 0 Å². The molecule has 2 N–H and O–H groups in total. The molecular weight excluding hydrogens is 320 g/mol. The predicted molar refractivity (Wildman–Crippen MR) is 101 cm³/mol. The van der Waals surface area contributed by atoms with Gasteiger partial charge < -0.3 is 10.6 Å². The molecule has 3 heterocycles. The Bertz CT molecular complexity index is 799. The lowest BCUT2D eigenvalue weighted by Gasteiger charge is -2.10. The lowest BCUT2D eigenvalue weighted by molar-refractivity contribution is 0.697. The van der Waals surface area contributed by atoms with Gasteiger partial charge in [-0.25, -0.2) is 9.97 Å². The van der Waals surface area contributed by atoms with E-state index in [4.69, 9.17) is 12.2 Å². The van der Waals surface area contributed by atoms with Crippen molar-refractivity contribution < 1.29 is 0 Å². The normalized spacial score (nSPS) is 13.1. The molecule has 0 atom stereocenters. The highest BCUT2D eigenvalue weighted by Crippen LogP contribution is 2.14. The molecule has 0 spiro atoms. The zero-order valence-corrected chi connectivity index (χ0v) is 14.4. The maximum atomic E-state index is 5.30. The summed E-state index contributed by atoms with van der Waals surface area (Å²) in [5.41, 5.74) is 3.01. The second-order valence-corrected chi connectivity index (χ2v) is 5.96. The number of nitrogens with zero attached hydrogens (tertiary/aromatic N) is 4. The van der Waals surface area contributed by atoms with Gasteiger partial charge in [0.15, 0.2) is 10.8 Å². The lowest BCUT2D eigenvalue weighted by atomic mass is 10.2. The van der Waals surface area contributed by atoms with E-state index in [2.05, 4.69) is 37.5 Å². The number of hydrogen-bond acceptors (Lipinski definition) is 5. The van der Waals surface area contributed by atoms with Gasteiger partial charge >= 0.3 is 0 Å². The lowest BCUT2D eigenvalue weighted by Crippen LogP contribution is -2.29. The van der Waals surface area contributed by atoms with E-state index in [1.54, 1.807) is 12.4 Å². The Hall–Kier alpha value is -2.41. The standard InChI is InChI=1S/C17H20N6S/c1-2-3-4-9-19-17(24)23-15-8-7-13-16(22-15)21-14(11-20-13)12-6-5-10-18-12/h5,7-8,10-11H,2-4,6,9H2,1H3,(H2,19,21,22,23,24). The van der Waals surface area contributed by atoms with Crippen molar-refractivity contribution in [3.05, 3.63) is 36.3 Å². The van der Waals surface area contributed by atoms with Crippen molar-refractivity contribution >= 4 is 40.0 Å². The molecule has 0 fully saturated rings. The van der Waals surface area contributed by atoms with E-state index in [0.717, 1.165) is 36.3 Å². The fraction of sp³-hybridized carbons (Fsp3) is 0.353. The molecule has 124 valence electrons. The number of unbranched alkanes of at least 4 members (excludes halogenated alkanes) is 2. The van der Waals surface area contributed by atoms with Crippen LogP contribution in [0.2, 0.25) is 0 Å². The van der Waals surface area contributed by atoms with Crippen LogP contribution >= 0.6 is 12.2 Å². The van der Waals surface area contributed by atoms with E-state index in [9.17, 15) is 0 Å². The maximum Gasteiger partial charge on any atom is 0.180 e. The highest BCUT2D eigenvalue weighted by molar-refractivity contribution is 7.80. The van der Waals surface area contributed by atoms with Crippen molar-refractivity contribution in [1.82, 2.24) is 20.3 Å². The molecule has 24 heavy (non-hydrogen) atoms. The van der Waals surface area contributed by atoms with Gasteiger partial charge in [-0.15, -0.1) is 0 Å². The number of aliphatic imine (C=N–C) groups is 1. The van der Waals surface area contributed by atoms with Gasteiger partial charge in [-0.1, -0.05) is 25.8 Å². The Labute approximate surface area is 146 Å². The van der Waals surface area contributed by atoms with Crippen LogP contribution in [0.5, 0.6) is 0 Å². The first-order chi connectivity index (χ1) is 11.8. The number of hydrogen-bond donors (Lipinski definition) is 2. The number of pyridine rings is 1. The Morgan fingerprint density at radius 2 is 2.17 bits per heavy atom. The van der Waals surface area contributed by atoms with Crippen LogP contribution in [-0.2, 0) is 0 Å². The third-order valence-electron chi connectivity index (χ3n) is 3.66. The zero-order valence-electron chi connectivity index (χ0n) is 13.6. The Balaban J connectivity index is 1.69. The minimum Gasteiger partial charge on any atom is -0.362 e. The third-order valence-corrected chi connectivity index (χ3v) is 3.90. The van der Waals surface area contributed by atoms with Crippen molar-refractivity contribution in [2.75, 3.05) is 11.9 Å². The molecule has 2 aromatic heterocycles. The number of nitrogens with one attached hydrogen (secondary N) is 2. The van der Waals surface area contributed by atoms with E-state index < -0.39 is 0 Å². The molecule has 3 rings (SSSR count). The minimum atomic E-state index is 0.575. The summed E-state index contributed by atoms with van der Waals surface area (Å²) in [4.78, 5) is 17.8. The first kappa shape index (κ1) is 16.4. The summed E-state index contributed by atoms with van der Waals surface area (Å²) >= 11 is 5.30. The van der Waals surface area contributed by atoms with Crippen molar-refractivity contribution in [2.24, 2.45) is 4.99 Å². The number of fused-ring (bicyclic) bond motifs is 1. The second kappa shape index (κ2) is 7.92. The third kappa shape index (κ3) is 4.11. The molecule has 0 radical (unpaired) electrons. The van der Waals surface area contributed by atoms with Crippen LogP contribution in [0.1, 0.15) is 38.3 Å². The second-order valence-electron chi connectivity index (χ2n) is 5.55. The summed E-state index contributed by atoms with van der Waals surface area (Å²) in [6, 6.07) is 3.74. The monoisotopic (exact) mass is 340 g/mol. The minimum absolute atomic E-state index is 0.575.